The first-order valence-electron chi connectivity index (χ1n) is 7.44. The van der Waals surface area contributed by atoms with Crippen LogP contribution in [-0.2, 0) is 4.79 Å². The number of carbonyl (C=O) groups excluding carboxylic acids is 1. The maximum atomic E-state index is 12.9. The molecule has 5 heteroatoms. The Morgan fingerprint density at radius 2 is 1.71 bits per heavy atom. The van der Waals surface area contributed by atoms with Crippen LogP contribution in [0.25, 0.3) is 10.8 Å². The van der Waals surface area contributed by atoms with Gasteiger partial charge in [0.25, 0.3) is 5.91 Å². The highest BCUT2D eigenvalue weighted by molar-refractivity contribution is 9.10. The number of nitrogens with one attached hydrogen (secondary N) is 1. The summed E-state index contributed by atoms with van der Waals surface area (Å²) < 4.78 is 19.6. The van der Waals surface area contributed by atoms with Crippen LogP contribution in [-0.4, -0.2) is 12.0 Å². The van der Waals surface area contributed by atoms with Crippen molar-refractivity contribution in [2.45, 2.75) is 13.0 Å². The highest BCUT2D eigenvalue weighted by atomic mass is 79.9. The van der Waals surface area contributed by atoms with Gasteiger partial charge in [-0.2, -0.15) is 0 Å². The predicted molar refractivity (Wildman–Crippen MR) is 96.8 cm³/mol. The average Bonchev–Trinajstić information content (AvgIpc) is 2.57. The lowest BCUT2D eigenvalue weighted by molar-refractivity contribution is -0.122. The predicted octanol–water partition coefficient (Wildman–Crippen LogP) is 5.15. The average molecular weight is 388 g/mol. The second-order valence-electron chi connectivity index (χ2n) is 5.41. The zero-order valence-corrected chi connectivity index (χ0v) is 14.5. The molecule has 0 bridgehead atoms. The molecule has 0 spiro atoms. The first kappa shape index (κ1) is 16.5. The van der Waals surface area contributed by atoms with Gasteiger partial charge in [-0.1, -0.05) is 28.1 Å². The van der Waals surface area contributed by atoms with Gasteiger partial charge in [-0.3, -0.25) is 4.79 Å². The summed E-state index contributed by atoms with van der Waals surface area (Å²) in [5.74, 6) is -0.0239. The minimum absolute atomic E-state index is 0.294. The summed E-state index contributed by atoms with van der Waals surface area (Å²) in [6, 6.07) is 17.2. The number of hydrogen-bond acceptors (Lipinski definition) is 2. The molecule has 3 aromatic carbocycles. The van der Waals surface area contributed by atoms with E-state index in [9.17, 15) is 9.18 Å². The van der Waals surface area contributed by atoms with E-state index < -0.39 is 6.10 Å². The second kappa shape index (κ2) is 7.01. The van der Waals surface area contributed by atoms with Crippen molar-refractivity contribution in [3.05, 3.63) is 71.0 Å². The Morgan fingerprint density at radius 3 is 2.46 bits per heavy atom. The van der Waals surface area contributed by atoms with E-state index in [4.69, 9.17) is 4.74 Å². The molecule has 122 valence electrons. The lowest BCUT2D eigenvalue weighted by Gasteiger charge is -2.15. The Balaban J connectivity index is 1.69. The molecule has 0 aliphatic carbocycles. The molecule has 1 atom stereocenters. The number of hydrogen-bond donors (Lipinski definition) is 1. The van der Waals surface area contributed by atoms with Crippen LogP contribution in [0.3, 0.4) is 0 Å². The van der Waals surface area contributed by atoms with Crippen LogP contribution in [0.1, 0.15) is 6.92 Å². The smallest absolute Gasteiger partial charge is 0.265 e. The number of ether oxygens (including phenoxy) is 1. The summed E-state index contributed by atoms with van der Waals surface area (Å²) in [4.78, 5) is 12.2. The number of halogens is 2. The quantitative estimate of drug-likeness (QED) is 0.672. The Kier molecular flexibility index (Phi) is 4.81. The Hall–Kier alpha value is -2.40. The molecule has 0 fully saturated rings. The second-order valence-corrected chi connectivity index (χ2v) is 6.33. The summed E-state index contributed by atoms with van der Waals surface area (Å²) in [5.41, 5.74) is 0.528. The van der Waals surface area contributed by atoms with Gasteiger partial charge in [0, 0.05) is 10.2 Å². The Labute approximate surface area is 147 Å². The van der Waals surface area contributed by atoms with E-state index >= 15 is 0 Å². The monoisotopic (exact) mass is 387 g/mol. The van der Waals surface area contributed by atoms with Crippen molar-refractivity contribution < 1.29 is 13.9 Å². The number of amides is 1. The topological polar surface area (TPSA) is 38.3 Å². The molecule has 1 N–H and O–H groups in total. The number of anilines is 1. The molecule has 0 saturated carbocycles. The minimum atomic E-state index is -0.678. The van der Waals surface area contributed by atoms with Crippen LogP contribution >= 0.6 is 15.9 Å². The summed E-state index contributed by atoms with van der Waals surface area (Å²) in [5, 5.41) is 4.81. The minimum Gasteiger partial charge on any atom is -0.481 e. The van der Waals surface area contributed by atoms with Crippen LogP contribution in [0, 0.1) is 5.82 Å². The lowest BCUT2D eigenvalue weighted by Crippen LogP contribution is -2.30. The number of benzene rings is 3. The maximum absolute atomic E-state index is 12.9. The third kappa shape index (κ3) is 3.92. The molecular formula is C19H15BrFNO2. The largest absolute Gasteiger partial charge is 0.481 e. The van der Waals surface area contributed by atoms with Crippen LogP contribution in [0.5, 0.6) is 5.75 Å². The van der Waals surface area contributed by atoms with Gasteiger partial charge < -0.3 is 10.1 Å². The fraction of sp³-hybridized carbons (Fsp3) is 0.105. The van der Waals surface area contributed by atoms with Crippen molar-refractivity contribution in [3.8, 4) is 5.75 Å². The first-order chi connectivity index (χ1) is 11.5. The van der Waals surface area contributed by atoms with E-state index in [2.05, 4.69) is 21.2 Å². The maximum Gasteiger partial charge on any atom is 0.265 e. The van der Waals surface area contributed by atoms with Crippen LogP contribution in [0.15, 0.2) is 65.1 Å². The molecule has 0 aromatic heterocycles. The standard InChI is InChI=1S/C19H15BrFNO2/c1-12(19(23)22-17-7-5-16(21)6-8-17)24-18-9-3-13-10-15(20)4-2-14(13)11-18/h2-12H,1H3,(H,22,23)/t12-/m1/s1. The summed E-state index contributed by atoms with van der Waals surface area (Å²) in [6.07, 6.45) is -0.678. The first-order valence-corrected chi connectivity index (χ1v) is 8.23. The van der Waals surface area contributed by atoms with Gasteiger partial charge in [-0.25, -0.2) is 4.39 Å². The van der Waals surface area contributed by atoms with E-state index in [1.54, 1.807) is 6.92 Å². The van der Waals surface area contributed by atoms with Crippen molar-refractivity contribution in [2.24, 2.45) is 0 Å². The SMILES string of the molecule is C[C@@H](Oc1ccc2cc(Br)ccc2c1)C(=O)Nc1ccc(F)cc1. The fourth-order valence-corrected chi connectivity index (χ4v) is 2.68. The van der Waals surface area contributed by atoms with Gasteiger partial charge in [0.05, 0.1) is 0 Å². The summed E-state index contributed by atoms with van der Waals surface area (Å²) in [7, 11) is 0. The zero-order chi connectivity index (χ0) is 17.1. The molecular weight excluding hydrogens is 373 g/mol. The van der Waals surface area contributed by atoms with Crippen molar-refractivity contribution in [2.75, 3.05) is 5.32 Å². The van der Waals surface area contributed by atoms with Gasteiger partial charge in [-0.15, -0.1) is 0 Å². The summed E-state index contributed by atoms with van der Waals surface area (Å²) in [6.45, 7) is 1.67. The van der Waals surface area contributed by atoms with Crippen LogP contribution < -0.4 is 10.1 Å². The van der Waals surface area contributed by atoms with Gasteiger partial charge in [0.15, 0.2) is 6.10 Å². The Morgan fingerprint density at radius 1 is 1.04 bits per heavy atom. The third-order valence-corrected chi connectivity index (χ3v) is 4.06. The fourth-order valence-electron chi connectivity index (χ4n) is 2.30. The van der Waals surface area contributed by atoms with Crippen molar-refractivity contribution in [1.82, 2.24) is 0 Å². The lowest BCUT2D eigenvalue weighted by atomic mass is 10.1. The van der Waals surface area contributed by atoms with E-state index in [-0.39, 0.29) is 11.7 Å². The van der Waals surface area contributed by atoms with Crippen molar-refractivity contribution in [3.63, 3.8) is 0 Å². The molecule has 3 nitrogen and oxygen atoms in total. The molecule has 0 heterocycles. The highest BCUT2D eigenvalue weighted by Crippen LogP contribution is 2.24. The van der Waals surface area contributed by atoms with E-state index in [0.717, 1.165) is 15.2 Å². The van der Waals surface area contributed by atoms with Gasteiger partial charge in [0.1, 0.15) is 11.6 Å². The molecule has 0 aliphatic heterocycles. The molecule has 0 saturated heterocycles. The number of rotatable bonds is 4. The molecule has 0 radical (unpaired) electrons. The van der Waals surface area contributed by atoms with Crippen molar-refractivity contribution >= 4 is 38.3 Å². The molecule has 24 heavy (non-hydrogen) atoms. The highest BCUT2D eigenvalue weighted by Gasteiger charge is 2.15. The van der Waals surface area contributed by atoms with Gasteiger partial charge in [-0.05, 0) is 66.2 Å². The van der Waals surface area contributed by atoms with E-state index in [1.165, 1.54) is 24.3 Å². The van der Waals surface area contributed by atoms with Gasteiger partial charge >= 0.3 is 0 Å². The molecule has 1 amide bonds. The molecule has 3 rings (SSSR count). The number of fused-ring (bicyclic) bond motifs is 1. The van der Waals surface area contributed by atoms with Crippen molar-refractivity contribution in [1.29, 1.82) is 0 Å². The Bertz CT molecular complexity index is 880. The molecule has 0 unspecified atom stereocenters. The summed E-state index contributed by atoms with van der Waals surface area (Å²) >= 11 is 3.44. The van der Waals surface area contributed by atoms with E-state index in [1.807, 2.05) is 36.4 Å². The normalized spacial score (nSPS) is 12.0. The van der Waals surface area contributed by atoms with Gasteiger partial charge in [0.2, 0.25) is 0 Å². The van der Waals surface area contributed by atoms with Crippen LogP contribution in [0.2, 0.25) is 0 Å². The van der Waals surface area contributed by atoms with Crippen LogP contribution in [0.4, 0.5) is 10.1 Å². The van der Waals surface area contributed by atoms with E-state index in [0.29, 0.717) is 11.4 Å². The number of carbonyl (C=O) groups is 1. The molecule has 0 aliphatic rings. The molecule has 3 aromatic rings. The zero-order valence-electron chi connectivity index (χ0n) is 12.9. The third-order valence-electron chi connectivity index (χ3n) is 3.57.